The number of benzene rings is 3. The van der Waals surface area contributed by atoms with Crippen LogP contribution in [0.5, 0.6) is 11.5 Å². The van der Waals surface area contributed by atoms with E-state index in [0.29, 0.717) is 24.6 Å². The molecule has 156 valence electrons. The van der Waals surface area contributed by atoms with Crippen molar-refractivity contribution in [3.05, 3.63) is 101 Å². The minimum atomic E-state index is 0.419. The topological polar surface area (TPSA) is 30.5 Å². The normalized spacial score (nSPS) is 10.5. The molecule has 0 spiro atoms. The summed E-state index contributed by atoms with van der Waals surface area (Å²) < 4.78 is 11.8. The van der Waals surface area contributed by atoms with Crippen LogP contribution in [0.4, 0.5) is 5.69 Å². The lowest BCUT2D eigenvalue weighted by molar-refractivity contribution is 0.281. The van der Waals surface area contributed by atoms with Gasteiger partial charge in [-0.3, -0.25) is 0 Å². The predicted octanol–water partition coefficient (Wildman–Crippen LogP) is 6.83. The molecule has 0 unspecified atom stereocenters. The number of para-hydroxylation sites is 1. The lowest BCUT2D eigenvalue weighted by Gasteiger charge is -2.18. The van der Waals surface area contributed by atoms with Gasteiger partial charge in [-0.15, -0.1) is 6.58 Å². The molecule has 3 rings (SSSR count). The molecule has 3 nitrogen and oxygen atoms in total. The van der Waals surface area contributed by atoms with Gasteiger partial charge in [0.2, 0.25) is 0 Å². The molecule has 0 atom stereocenters. The number of methoxy groups -OCH3 is 1. The second-order valence-electron chi connectivity index (χ2n) is 7.06. The average Bonchev–Trinajstić information content (AvgIpc) is 2.77. The SMILES string of the molecule is C=CCc1cc(CNc2ccccc2CC)cc(OC)c1OCc1cccc(Cl)c1. The molecule has 4 heteroatoms. The molecule has 0 heterocycles. The molecule has 0 amide bonds. The first kappa shape index (κ1) is 21.8. The summed E-state index contributed by atoms with van der Waals surface area (Å²) >= 11 is 6.09. The number of aryl methyl sites for hydroxylation is 1. The van der Waals surface area contributed by atoms with Crippen LogP contribution in [0.1, 0.15) is 29.2 Å². The van der Waals surface area contributed by atoms with E-state index in [4.69, 9.17) is 21.1 Å². The third-order valence-electron chi connectivity index (χ3n) is 4.93. The quantitative estimate of drug-likeness (QED) is 0.364. The van der Waals surface area contributed by atoms with Gasteiger partial charge >= 0.3 is 0 Å². The number of allylic oxidation sites excluding steroid dienone is 1. The molecule has 0 aliphatic rings. The van der Waals surface area contributed by atoms with Crippen molar-refractivity contribution in [2.75, 3.05) is 12.4 Å². The summed E-state index contributed by atoms with van der Waals surface area (Å²) in [6.45, 7) is 7.18. The van der Waals surface area contributed by atoms with Gasteiger partial charge in [-0.1, -0.05) is 54.9 Å². The van der Waals surface area contributed by atoms with Crippen LogP contribution in [0, 0.1) is 0 Å². The van der Waals surface area contributed by atoms with E-state index in [9.17, 15) is 0 Å². The molecule has 3 aromatic carbocycles. The predicted molar refractivity (Wildman–Crippen MR) is 126 cm³/mol. The number of hydrogen-bond donors (Lipinski definition) is 1. The zero-order chi connectivity index (χ0) is 21.3. The van der Waals surface area contributed by atoms with Crippen molar-refractivity contribution in [3.63, 3.8) is 0 Å². The second kappa shape index (κ2) is 10.7. The number of anilines is 1. The van der Waals surface area contributed by atoms with Crippen LogP contribution in [0.3, 0.4) is 0 Å². The summed E-state index contributed by atoms with van der Waals surface area (Å²) in [6, 6.07) is 20.3. The Morgan fingerprint density at radius 2 is 1.83 bits per heavy atom. The van der Waals surface area contributed by atoms with Crippen molar-refractivity contribution in [1.29, 1.82) is 0 Å². The number of ether oxygens (including phenoxy) is 2. The summed E-state index contributed by atoms with van der Waals surface area (Å²) in [5, 5.41) is 4.25. The zero-order valence-electron chi connectivity index (χ0n) is 17.6. The Morgan fingerprint density at radius 3 is 2.57 bits per heavy atom. The fourth-order valence-electron chi connectivity index (χ4n) is 3.43. The van der Waals surface area contributed by atoms with Crippen molar-refractivity contribution < 1.29 is 9.47 Å². The van der Waals surface area contributed by atoms with E-state index in [0.717, 1.165) is 40.3 Å². The maximum atomic E-state index is 6.16. The van der Waals surface area contributed by atoms with Gasteiger partial charge in [0, 0.05) is 22.8 Å². The van der Waals surface area contributed by atoms with E-state index in [-0.39, 0.29) is 0 Å². The average molecular weight is 422 g/mol. The van der Waals surface area contributed by atoms with Crippen LogP contribution in [-0.2, 0) is 26.0 Å². The Labute approximate surface area is 184 Å². The van der Waals surface area contributed by atoms with Gasteiger partial charge in [0.05, 0.1) is 7.11 Å². The van der Waals surface area contributed by atoms with Gasteiger partial charge in [-0.05, 0) is 59.9 Å². The number of hydrogen-bond acceptors (Lipinski definition) is 3. The van der Waals surface area contributed by atoms with E-state index in [2.05, 4.69) is 49.2 Å². The fourth-order valence-corrected chi connectivity index (χ4v) is 3.64. The first-order chi connectivity index (χ1) is 14.6. The number of halogens is 1. The molecule has 0 saturated heterocycles. The van der Waals surface area contributed by atoms with Crippen LogP contribution in [0.25, 0.3) is 0 Å². The van der Waals surface area contributed by atoms with E-state index < -0.39 is 0 Å². The molecule has 0 aliphatic heterocycles. The smallest absolute Gasteiger partial charge is 0.165 e. The molecular formula is C26H28ClNO2. The minimum Gasteiger partial charge on any atom is -0.493 e. The zero-order valence-corrected chi connectivity index (χ0v) is 18.3. The Morgan fingerprint density at radius 1 is 1.00 bits per heavy atom. The monoisotopic (exact) mass is 421 g/mol. The molecule has 0 aliphatic carbocycles. The van der Waals surface area contributed by atoms with Crippen LogP contribution in [-0.4, -0.2) is 7.11 Å². The maximum Gasteiger partial charge on any atom is 0.165 e. The summed E-state index contributed by atoms with van der Waals surface area (Å²) in [7, 11) is 1.67. The summed E-state index contributed by atoms with van der Waals surface area (Å²) in [6.07, 6.45) is 3.57. The summed E-state index contributed by atoms with van der Waals surface area (Å²) in [5.74, 6) is 1.46. The fraction of sp³-hybridized carbons (Fsp3) is 0.231. The Balaban J connectivity index is 1.82. The van der Waals surface area contributed by atoms with Gasteiger partial charge in [-0.25, -0.2) is 0 Å². The maximum absolute atomic E-state index is 6.16. The summed E-state index contributed by atoms with van der Waals surface area (Å²) in [5.41, 5.74) is 5.65. The molecule has 1 N–H and O–H groups in total. The second-order valence-corrected chi connectivity index (χ2v) is 7.50. The third kappa shape index (κ3) is 5.58. The highest BCUT2D eigenvalue weighted by Gasteiger charge is 2.13. The van der Waals surface area contributed by atoms with Crippen LogP contribution in [0.15, 0.2) is 73.3 Å². The van der Waals surface area contributed by atoms with Crippen LogP contribution in [0.2, 0.25) is 5.02 Å². The van der Waals surface area contributed by atoms with Gasteiger partial charge < -0.3 is 14.8 Å². The van der Waals surface area contributed by atoms with E-state index >= 15 is 0 Å². The molecule has 3 aromatic rings. The first-order valence-corrected chi connectivity index (χ1v) is 10.5. The lowest BCUT2D eigenvalue weighted by Crippen LogP contribution is -2.06. The Hall–Kier alpha value is -2.91. The van der Waals surface area contributed by atoms with E-state index in [1.165, 1.54) is 5.56 Å². The van der Waals surface area contributed by atoms with Gasteiger partial charge in [0.25, 0.3) is 0 Å². The van der Waals surface area contributed by atoms with Gasteiger partial charge in [-0.2, -0.15) is 0 Å². The van der Waals surface area contributed by atoms with E-state index in [1.54, 1.807) is 7.11 Å². The molecule has 0 saturated carbocycles. The number of rotatable bonds is 10. The van der Waals surface area contributed by atoms with Crippen LogP contribution < -0.4 is 14.8 Å². The first-order valence-electron chi connectivity index (χ1n) is 10.1. The Bertz CT molecular complexity index is 1000. The highest BCUT2D eigenvalue weighted by atomic mass is 35.5. The Kier molecular flexibility index (Phi) is 7.81. The van der Waals surface area contributed by atoms with E-state index in [1.807, 2.05) is 36.4 Å². The van der Waals surface area contributed by atoms with Crippen LogP contribution >= 0.6 is 11.6 Å². The highest BCUT2D eigenvalue weighted by molar-refractivity contribution is 6.30. The van der Waals surface area contributed by atoms with Crippen molar-refractivity contribution in [3.8, 4) is 11.5 Å². The largest absolute Gasteiger partial charge is 0.493 e. The molecular weight excluding hydrogens is 394 g/mol. The highest BCUT2D eigenvalue weighted by Crippen LogP contribution is 2.35. The molecule has 0 aromatic heterocycles. The standard InChI is InChI=1S/C26H28ClNO2/c1-4-9-22-14-20(17-28-24-13-7-6-11-21(24)5-2)16-25(29-3)26(22)30-18-19-10-8-12-23(27)15-19/h4,6-8,10-16,28H,1,5,9,17-18H2,2-3H3. The number of nitrogens with one attached hydrogen (secondary N) is 1. The van der Waals surface area contributed by atoms with Crippen molar-refractivity contribution in [2.45, 2.75) is 32.9 Å². The third-order valence-corrected chi connectivity index (χ3v) is 5.16. The van der Waals surface area contributed by atoms with Gasteiger partial charge in [0.1, 0.15) is 6.61 Å². The van der Waals surface area contributed by atoms with Crippen molar-refractivity contribution in [2.24, 2.45) is 0 Å². The summed E-state index contributed by atoms with van der Waals surface area (Å²) in [4.78, 5) is 0. The molecule has 30 heavy (non-hydrogen) atoms. The molecule has 0 radical (unpaired) electrons. The molecule has 0 bridgehead atoms. The molecule has 0 fully saturated rings. The van der Waals surface area contributed by atoms with Crippen molar-refractivity contribution in [1.82, 2.24) is 0 Å². The minimum absolute atomic E-state index is 0.419. The van der Waals surface area contributed by atoms with Crippen molar-refractivity contribution >= 4 is 17.3 Å². The van der Waals surface area contributed by atoms with Gasteiger partial charge in [0.15, 0.2) is 11.5 Å². The lowest BCUT2D eigenvalue weighted by atomic mass is 10.0.